The highest BCUT2D eigenvalue weighted by atomic mass is 32.1. The van der Waals surface area contributed by atoms with Gasteiger partial charge in [-0.25, -0.2) is 4.98 Å². The van der Waals surface area contributed by atoms with Crippen LogP contribution in [0.3, 0.4) is 0 Å². The Kier molecular flexibility index (Phi) is 8.15. The molecule has 2 aromatic heterocycles. The Morgan fingerprint density at radius 1 is 0.897 bits per heavy atom. The van der Waals surface area contributed by atoms with Gasteiger partial charge in [0.15, 0.2) is 0 Å². The summed E-state index contributed by atoms with van der Waals surface area (Å²) in [6.07, 6.45) is 3.18. The van der Waals surface area contributed by atoms with Crippen molar-refractivity contribution in [3.63, 3.8) is 0 Å². The third-order valence-corrected chi connectivity index (χ3v) is 7.93. The molecule has 0 bridgehead atoms. The molecule has 39 heavy (non-hydrogen) atoms. The topological polar surface area (TPSA) is 123 Å². The summed E-state index contributed by atoms with van der Waals surface area (Å²) in [6, 6.07) is 26.3. The number of hydrogen-bond donors (Lipinski definition) is 4. The molecule has 0 aliphatic rings. The van der Waals surface area contributed by atoms with Crippen molar-refractivity contribution in [2.75, 3.05) is 5.73 Å². The zero-order valence-electron chi connectivity index (χ0n) is 21.5. The molecule has 198 valence electrons. The summed E-state index contributed by atoms with van der Waals surface area (Å²) >= 11 is 1.55. The second-order valence-corrected chi connectivity index (χ2v) is 10.7. The van der Waals surface area contributed by atoms with Gasteiger partial charge in [-0.3, -0.25) is 9.59 Å². The molecule has 2 atom stereocenters. The Morgan fingerprint density at radius 2 is 1.67 bits per heavy atom. The molecule has 8 heteroatoms. The smallest absolute Gasteiger partial charge is 0.243 e. The largest absolute Gasteiger partial charge is 0.383 e. The number of nitrogens with one attached hydrogen (secondary N) is 2. The number of amides is 2. The first-order valence-electron chi connectivity index (χ1n) is 12.9. The molecule has 2 amide bonds. The Bertz CT molecular complexity index is 1600. The number of pyridine rings is 1. The van der Waals surface area contributed by atoms with Gasteiger partial charge in [-0.15, -0.1) is 11.3 Å². The van der Waals surface area contributed by atoms with E-state index in [1.54, 1.807) is 17.5 Å². The van der Waals surface area contributed by atoms with E-state index < -0.39 is 12.1 Å². The molecule has 0 aliphatic carbocycles. The van der Waals surface area contributed by atoms with Crippen molar-refractivity contribution < 1.29 is 9.59 Å². The SMILES string of the molecule is Nc1nccc2sc(CNC(=O)[C@H](Cc3cccc4ccccc34)NC(=O)[C@H](N)CCc3ccccc3)cc12. The van der Waals surface area contributed by atoms with Gasteiger partial charge in [0, 0.05) is 27.6 Å². The lowest BCUT2D eigenvalue weighted by Crippen LogP contribution is -2.52. The van der Waals surface area contributed by atoms with Gasteiger partial charge >= 0.3 is 0 Å². The molecule has 3 aromatic carbocycles. The Morgan fingerprint density at radius 3 is 2.49 bits per heavy atom. The summed E-state index contributed by atoms with van der Waals surface area (Å²) in [5, 5.41) is 8.94. The van der Waals surface area contributed by atoms with Gasteiger partial charge in [0.1, 0.15) is 11.9 Å². The molecule has 2 heterocycles. The van der Waals surface area contributed by atoms with E-state index in [1.807, 2.05) is 84.9 Å². The summed E-state index contributed by atoms with van der Waals surface area (Å²) in [5.74, 6) is -0.144. The number of aryl methyl sites for hydroxylation is 1. The Hall–Kier alpha value is -4.27. The maximum Gasteiger partial charge on any atom is 0.243 e. The van der Waals surface area contributed by atoms with Gasteiger partial charge in [0.05, 0.1) is 12.6 Å². The third-order valence-electron chi connectivity index (χ3n) is 6.82. The number of nitrogens with zero attached hydrogens (tertiary/aromatic N) is 1. The number of rotatable bonds is 10. The number of carbonyl (C=O) groups excluding carboxylic acids is 2. The lowest BCUT2D eigenvalue weighted by atomic mass is 9.98. The molecule has 0 fully saturated rings. The number of hydrogen-bond acceptors (Lipinski definition) is 6. The molecule has 5 rings (SSSR count). The van der Waals surface area contributed by atoms with Crippen LogP contribution in [0.5, 0.6) is 0 Å². The predicted octanol–water partition coefficient (Wildman–Crippen LogP) is 4.34. The second kappa shape index (κ2) is 12.1. The van der Waals surface area contributed by atoms with Gasteiger partial charge in [-0.05, 0) is 46.9 Å². The first-order valence-corrected chi connectivity index (χ1v) is 13.8. The van der Waals surface area contributed by atoms with Crippen molar-refractivity contribution in [1.82, 2.24) is 15.6 Å². The number of benzene rings is 3. The zero-order valence-corrected chi connectivity index (χ0v) is 22.3. The summed E-state index contributed by atoms with van der Waals surface area (Å²) in [5.41, 5.74) is 14.4. The molecule has 0 radical (unpaired) electrons. The van der Waals surface area contributed by atoms with Crippen LogP contribution in [0.2, 0.25) is 0 Å². The summed E-state index contributed by atoms with van der Waals surface area (Å²) in [7, 11) is 0. The van der Waals surface area contributed by atoms with Crippen LogP contribution in [0.1, 0.15) is 22.4 Å². The Balaban J connectivity index is 1.31. The fourth-order valence-corrected chi connectivity index (χ4v) is 5.70. The fraction of sp³-hybridized carbons (Fsp3) is 0.194. The van der Waals surface area contributed by atoms with E-state index in [4.69, 9.17) is 11.5 Å². The van der Waals surface area contributed by atoms with Crippen LogP contribution in [0.25, 0.3) is 20.9 Å². The first kappa shape index (κ1) is 26.3. The van der Waals surface area contributed by atoms with E-state index in [0.29, 0.717) is 31.6 Å². The molecule has 0 saturated carbocycles. The number of fused-ring (bicyclic) bond motifs is 2. The molecular weight excluding hydrogens is 506 g/mol. The van der Waals surface area contributed by atoms with Crippen LogP contribution in [-0.4, -0.2) is 28.9 Å². The van der Waals surface area contributed by atoms with E-state index in [-0.39, 0.29) is 11.8 Å². The van der Waals surface area contributed by atoms with Crippen molar-refractivity contribution in [1.29, 1.82) is 0 Å². The van der Waals surface area contributed by atoms with Crippen LogP contribution in [0.15, 0.2) is 91.1 Å². The second-order valence-electron chi connectivity index (χ2n) is 9.57. The minimum Gasteiger partial charge on any atom is -0.383 e. The molecule has 0 saturated heterocycles. The maximum atomic E-state index is 13.5. The minimum absolute atomic E-state index is 0.268. The standard InChI is InChI=1S/C31H31N5O2S/c32-26(14-13-20-7-2-1-3-8-20)30(37)36-27(17-22-11-6-10-21-9-4-5-12-24(21)22)31(38)35-19-23-18-25-28(39-23)15-16-34-29(25)33/h1-12,15-16,18,26-27H,13-14,17,19,32H2,(H2,33,34)(H,35,38)(H,36,37)/t26-,27+/m1/s1. The number of nitrogen functional groups attached to an aromatic ring is 1. The van der Waals surface area contributed by atoms with E-state index in [0.717, 1.165) is 36.9 Å². The van der Waals surface area contributed by atoms with E-state index in [1.165, 1.54) is 0 Å². The average molecular weight is 538 g/mol. The molecule has 5 aromatic rings. The normalized spacial score (nSPS) is 12.7. The van der Waals surface area contributed by atoms with Crippen molar-refractivity contribution >= 4 is 49.8 Å². The van der Waals surface area contributed by atoms with Gasteiger partial charge in [-0.2, -0.15) is 0 Å². The van der Waals surface area contributed by atoms with Crippen molar-refractivity contribution in [3.8, 4) is 0 Å². The third kappa shape index (κ3) is 6.42. The van der Waals surface area contributed by atoms with Gasteiger partial charge in [0.25, 0.3) is 0 Å². The van der Waals surface area contributed by atoms with Crippen LogP contribution in [-0.2, 0) is 29.0 Å². The molecule has 6 N–H and O–H groups in total. The van der Waals surface area contributed by atoms with Crippen LogP contribution in [0, 0.1) is 0 Å². The molecular formula is C31H31N5O2S. The minimum atomic E-state index is -0.785. The summed E-state index contributed by atoms with van der Waals surface area (Å²) in [6.45, 7) is 0.319. The lowest BCUT2D eigenvalue weighted by Gasteiger charge is -2.21. The first-order chi connectivity index (χ1) is 19.0. The van der Waals surface area contributed by atoms with E-state index in [2.05, 4.69) is 15.6 Å². The van der Waals surface area contributed by atoms with Gasteiger partial charge in [-0.1, -0.05) is 72.8 Å². The van der Waals surface area contributed by atoms with Crippen molar-refractivity contribution in [3.05, 3.63) is 107 Å². The molecule has 7 nitrogen and oxygen atoms in total. The monoisotopic (exact) mass is 537 g/mol. The quantitative estimate of drug-likeness (QED) is 0.211. The predicted molar refractivity (Wildman–Crippen MR) is 158 cm³/mol. The van der Waals surface area contributed by atoms with Crippen molar-refractivity contribution in [2.45, 2.75) is 37.9 Å². The highest BCUT2D eigenvalue weighted by Gasteiger charge is 2.25. The number of nitrogens with two attached hydrogens (primary N) is 2. The Labute approximate surface area is 231 Å². The summed E-state index contributed by atoms with van der Waals surface area (Å²) < 4.78 is 1.01. The highest BCUT2D eigenvalue weighted by Crippen LogP contribution is 2.28. The number of aromatic nitrogens is 1. The fourth-order valence-electron chi connectivity index (χ4n) is 4.70. The van der Waals surface area contributed by atoms with Crippen LogP contribution < -0.4 is 22.1 Å². The zero-order chi connectivity index (χ0) is 27.2. The maximum absolute atomic E-state index is 13.5. The van der Waals surface area contributed by atoms with Gasteiger partial charge in [0.2, 0.25) is 11.8 Å². The molecule has 0 unspecified atom stereocenters. The van der Waals surface area contributed by atoms with Crippen LogP contribution >= 0.6 is 11.3 Å². The number of carbonyl (C=O) groups is 2. The lowest BCUT2D eigenvalue weighted by molar-refractivity contribution is -0.129. The molecule has 0 aliphatic heterocycles. The van der Waals surface area contributed by atoms with E-state index >= 15 is 0 Å². The van der Waals surface area contributed by atoms with Crippen molar-refractivity contribution in [2.24, 2.45) is 5.73 Å². The van der Waals surface area contributed by atoms with E-state index in [9.17, 15) is 9.59 Å². The number of thiophene rings is 1. The van der Waals surface area contributed by atoms with Crippen LogP contribution in [0.4, 0.5) is 5.82 Å². The highest BCUT2D eigenvalue weighted by molar-refractivity contribution is 7.19. The van der Waals surface area contributed by atoms with Gasteiger partial charge < -0.3 is 22.1 Å². The summed E-state index contributed by atoms with van der Waals surface area (Å²) in [4.78, 5) is 31.7. The average Bonchev–Trinajstić information content (AvgIpc) is 3.39. The molecule has 0 spiro atoms. The number of anilines is 1.